The van der Waals surface area contributed by atoms with Crippen molar-refractivity contribution in [1.82, 2.24) is 9.71 Å². The summed E-state index contributed by atoms with van der Waals surface area (Å²) in [6.45, 7) is 0.341. The van der Waals surface area contributed by atoms with Gasteiger partial charge in [-0.25, -0.2) is 18.1 Å². The maximum absolute atomic E-state index is 12.1. The predicted octanol–water partition coefficient (Wildman–Crippen LogP) is 1.78. The number of nitrogens with zero attached hydrogens (tertiary/aromatic N) is 1. The van der Waals surface area contributed by atoms with Gasteiger partial charge >= 0.3 is 0 Å². The summed E-state index contributed by atoms with van der Waals surface area (Å²) in [6, 6.07) is 10.6. The molecule has 0 saturated carbocycles. The zero-order valence-corrected chi connectivity index (χ0v) is 13.4. The van der Waals surface area contributed by atoms with Gasteiger partial charge in [0.15, 0.2) is 0 Å². The predicted molar refractivity (Wildman–Crippen MR) is 83.5 cm³/mol. The number of aromatic nitrogens is 1. The van der Waals surface area contributed by atoms with E-state index >= 15 is 0 Å². The van der Waals surface area contributed by atoms with E-state index in [4.69, 9.17) is 10.5 Å². The molecule has 0 unspecified atom stereocenters. The Balaban J connectivity index is 1.94. The molecule has 0 aliphatic heterocycles. The highest BCUT2D eigenvalue weighted by atomic mass is 79.9. The van der Waals surface area contributed by atoms with Crippen LogP contribution in [-0.4, -0.2) is 26.6 Å². The third kappa shape index (κ3) is 4.42. The van der Waals surface area contributed by atoms with Crippen LogP contribution in [0.2, 0.25) is 0 Å². The van der Waals surface area contributed by atoms with Crippen molar-refractivity contribution in [3.8, 4) is 5.75 Å². The standard InChI is InChI=1S/C13H14BrN3O3S/c14-10-8-12(13(15)16-9-10)21(18,19)17-6-7-20-11-4-2-1-3-5-11/h1-5,8-9,17H,6-7H2,(H2,15,16). The summed E-state index contributed by atoms with van der Waals surface area (Å²) in [5, 5.41) is 0. The number of ether oxygens (including phenoxy) is 1. The van der Waals surface area contributed by atoms with Gasteiger partial charge in [0.1, 0.15) is 23.1 Å². The number of hydrogen-bond donors (Lipinski definition) is 2. The van der Waals surface area contributed by atoms with Gasteiger partial charge in [-0.05, 0) is 34.1 Å². The van der Waals surface area contributed by atoms with Crippen molar-refractivity contribution in [3.63, 3.8) is 0 Å². The van der Waals surface area contributed by atoms with E-state index in [1.807, 2.05) is 18.2 Å². The largest absolute Gasteiger partial charge is 0.492 e. The molecule has 0 fully saturated rings. The molecule has 0 aliphatic carbocycles. The fourth-order valence-electron chi connectivity index (χ4n) is 1.59. The summed E-state index contributed by atoms with van der Waals surface area (Å²) in [5.41, 5.74) is 5.59. The lowest BCUT2D eigenvalue weighted by Gasteiger charge is -2.10. The molecule has 1 aromatic heterocycles. The fourth-order valence-corrected chi connectivity index (χ4v) is 3.19. The highest BCUT2D eigenvalue weighted by molar-refractivity contribution is 9.10. The molecule has 1 heterocycles. The average molecular weight is 372 g/mol. The zero-order valence-electron chi connectivity index (χ0n) is 11.0. The molecule has 2 aromatic rings. The van der Waals surface area contributed by atoms with Crippen molar-refractivity contribution < 1.29 is 13.2 Å². The van der Waals surface area contributed by atoms with Crippen LogP contribution in [0.5, 0.6) is 5.75 Å². The molecular formula is C13H14BrN3O3S. The minimum Gasteiger partial charge on any atom is -0.492 e. The van der Waals surface area contributed by atoms with Crippen LogP contribution in [0, 0.1) is 0 Å². The number of nitrogens with one attached hydrogen (secondary N) is 1. The Morgan fingerprint density at radius 2 is 2.00 bits per heavy atom. The molecule has 3 N–H and O–H groups in total. The highest BCUT2D eigenvalue weighted by Crippen LogP contribution is 2.20. The summed E-state index contributed by atoms with van der Waals surface area (Å²) in [7, 11) is -3.72. The first-order valence-corrected chi connectivity index (χ1v) is 8.35. The number of para-hydroxylation sites is 1. The number of nitrogen functional groups attached to an aromatic ring is 1. The molecule has 0 spiro atoms. The van der Waals surface area contributed by atoms with Crippen LogP contribution in [-0.2, 0) is 10.0 Å². The molecule has 6 nitrogen and oxygen atoms in total. The van der Waals surface area contributed by atoms with Crippen LogP contribution < -0.4 is 15.2 Å². The van der Waals surface area contributed by atoms with Gasteiger partial charge in [0.25, 0.3) is 0 Å². The van der Waals surface area contributed by atoms with Crippen LogP contribution in [0.3, 0.4) is 0 Å². The third-order valence-corrected chi connectivity index (χ3v) is 4.47. The van der Waals surface area contributed by atoms with E-state index in [2.05, 4.69) is 25.6 Å². The molecule has 0 amide bonds. The number of benzene rings is 1. The lowest BCUT2D eigenvalue weighted by atomic mass is 10.3. The summed E-state index contributed by atoms with van der Waals surface area (Å²) in [6.07, 6.45) is 1.44. The molecule has 0 atom stereocenters. The number of pyridine rings is 1. The maximum atomic E-state index is 12.1. The van der Waals surface area contributed by atoms with Gasteiger partial charge in [-0.15, -0.1) is 0 Å². The summed E-state index contributed by atoms with van der Waals surface area (Å²) in [5.74, 6) is 0.634. The molecule has 0 radical (unpaired) electrons. The number of sulfonamides is 1. The first-order chi connectivity index (χ1) is 9.99. The highest BCUT2D eigenvalue weighted by Gasteiger charge is 2.18. The Morgan fingerprint density at radius 1 is 1.29 bits per heavy atom. The van der Waals surface area contributed by atoms with Gasteiger partial charge in [-0.2, -0.15) is 0 Å². The van der Waals surface area contributed by atoms with Crippen molar-refractivity contribution in [2.24, 2.45) is 0 Å². The molecule has 0 aliphatic rings. The quantitative estimate of drug-likeness (QED) is 0.754. The Labute approximate surface area is 131 Å². The van der Waals surface area contributed by atoms with E-state index in [-0.39, 0.29) is 23.9 Å². The van der Waals surface area contributed by atoms with Crippen LogP contribution in [0.25, 0.3) is 0 Å². The molecule has 112 valence electrons. The SMILES string of the molecule is Nc1ncc(Br)cc1S(=O)(=O)NCCOc1ccccc1. The normalized spacial score (nSPS) is 11.3. The summed E-state index contributed by atoms with van der Waals surface area (Å²) >= 11 is 3.17. The Morgan fingerprint density at radius 3 is 2.71 bits per heavy atom. The first-order valence-electron chi connectivity index (χ1n) is 6.07. The second-order valence-corrected chi connectivity index (χ2v) is 6.75. The van der Waals surface area contributed by atoms with E-state index in [9.17, 15) is 8.42 Å². The molecule has 2 rings (SSSR count). The van der Waals surface area contributed by atoms with Crippen molar-refractivity contribution in [2.75, 3.05) is 18.9 Å². The zero-order chi connectivity index (χ0) is 15.3. The van der Waals surface area contributed by atoms with Gasteiger partial charge in [-0.3, -0.25) is 0 Å². The second kappa shape index (κ2) is 6.88. The molecule has 21 heavy (non-hydrogen) atoms. The van der Waals surface area contributed by atoms with Crippen LogP contribution in [0.1, 0.15) is 0 Å². The van der Waals surface area contributed by atoms with Gasteiger partial charge < -0.3 is 10.5 Å². The van der Waals surface area contributed by atoms with Gasteiger partial charge in [0.2, 0.25) is 10.0 Å². The molecule has 1 aromatic carbocycles. The molecule has 0 bridgehead atoms. The molecule has 8 heteroatoms. The number of nitrogens with two attached hydrogens (primary N) is 1. The van der Waals surface area contributed by atoms with Crippen molar-refractivity contribution in [3.05, 3.63) is 47.1 Å². The average Bonchev–Trinajstić information content (AvgIpc) is 2.47. The first kappa shape index (κ1) is 15.7. The van der Waals surface area contributed by atoms with E-state index < -0.39 is 10.0 Å². The van der Waals surface area contributed by atoms with Crippen LogP contribution in [0.15, 0.2) is 52.0 Å². The number of halogens is 1. The molecule has 0 saturated heterocycles. The number of hydrogen-bond acceptors (Lipinski definition) is 5. The lowest BCUT2D eigenvalue weighted by molar-refractivity contribution is 0.323. The summed E-state index contributed by atoms with van der Waals surface area (Å²) in [4.78, 5) is 3.74. The maximum Gasteiger partial charge on any atom is 0.244 e. The van der Waals surface area contributed by atoms with Crippen molar-refractivity contribution in [2.45, 2.75) is 4.90 Å². The van der Waals surface area contributed by atoms with Crippen LogP contribution in [0.4, 0.5) is 5.82 Å². The van der Waals surface area contributed by atoms with Gasteiger partial charge in [0.05, 0.1) is 0 Å². The van der Waals surface area contributed by atoms with Crippen molar-refractivity contribution in [1.29, 1.82) is 0 Å². The topological polar surface area (TPSA) is 94.3 Å². The van der Waals surface area contributed by atoms with Crippen molar-refractivity contribution >= 4 is 31.8 Å². The Bertz CT molecular complexity index is 708. The Hall–Kier alpha value is -1.64. The van der Waals surface area contributed by atoms with Crippen LogP contribution >= 0.6 is 15.9 Å². The minimum absolute atomic E-state index is 0.0466. The summed E-state index contributed by atoms with van der Waals surface area (Å²) < 4.78 is 32.6. The monoisotopic (exact) mass is 371 g/mol. The molecular weight excluding hydrogens is 358 g/mol. The number of anilines is 1. The van der Waals surface area contributed by atoms with E-state index in [1.165, 1.54) is 12.3 Å². The lowest BCUT2D eigenvalue weighted by Crippen LogP contribution is -2.29. The number of rotatable bonds is 6. The fraction of sp³-hybridized carbons (Fsp3) is 0.154. The third-order valence-electron chi connectivity index (χ3n) is 2.54. The second-order valence-electron chi connectivity index (χ2n) is 4.10. The smallest absolute Gasteiger partial charge is 0.244 e. The Kier molecular flexibility index (Phi) is 5.16. The van der Waals surface area contributed by atoms with E-state index in [0.29, 0.717) is 10.2 Å². The van der Waals surface area contributed by atoms with E-state index in [0.717, 1.165) is 0 Å². The van der Waals surface area contributed by atoms with E-state index in [1.54, 1.807) is 12.1 Å². The minimum atomic E-state index is -3.72. The van der Waals surface area contributed by atoms with Gasteiger partial charge in [-0.1, -0.05) is 18.2 Å². The van der Waals surface area contributed by atoms with Gasteiger partial charge in [0, 0.05) is 17.2 Å².